The molecule has 0 amide bonds. The maximum atomic E-state index is 12.6. The van der Waals surface area contributed by atoms with Crippen molar-refractivity contribution in [1.29, 1.82) is 0 Å². The summed E-state index contributed by atoms with van der Waals surface area (Å²) in [5.41, 5.74) is 0.587. The highest BCUT2D eigenvalue weighted by atomic mass is 19.4. The Hall–Kier alpha value is -1.53. The number of halogens is 3. The molecule has 0 bridgehead atoms. The lowest BCUT2D eigenvalue weighted by Gasteiger charge is -2.36. The van der Waals surface area contributed by atoms with Gasteiger partial charge in [0.2, 0.25) is 0 Å². The molecule has 2 rings (SSSR count). The van der Waals surface area contributed by atoms with E-state index in [0.29, 0.717) is 5.56 Å². The van der Waals surface area contributed by atoms with Crippen LogP contribution in [0.3, 0.4) is 0 Å². The molecule has 122 valence electrons. The van der Waals surface area contributed by atoms with Crippen molar-refractivity contribution in [3.05, 3.63) is 42.5 Å². The smallest absolute Gasteiger partial charge is 0.405 e. The highest BCUT2D eigenvalue weighted by Crippen LogP contribution is 2.35. The highest BCUT2D eigenvalue weighted by molar-refractivity contribution is 5.36. The van der Waals surface area contributed by atoms with Crippen LogP contribution in [0.4, 0.5) is 13.2 Å². The zero-order valence-corrected chi connectivity index (χ0v) is 12.4. The summed E-state index contributed by atoms with van der Waals surface area (Å²) < 4.78 is 42.1. The molecule has 0 aromatic heterocycles. The minimum absolute atomic E-state index is 0.0985. The number of ether oxygens (including phenoxy) is 1. The van der Waals surface area contributed by atoms with E-state index in [1.165, 1.54) is 6.07 Å². The van der Waals surface area contributed by atoms with Gasteiger partial charge in [0, 0.05) is 37.8 Å². The van der Waals surface area contributed by atoms with Crippen molar-refractivity contribution < 1.29 is 17.9 Å². The first kappa shape index (κ1) is 16.8. The maximum absolute atomic E-state index is 12.6. The van der Waals surface area contributed by atoms with Crippen LogP contribution < -0.4 is 10.1 Å². The van der Waals surface area contributed by atoms with Crippen LogP contribution in [0.15, 0.2) is 36.9 Å². The van der Waals surface area contributed by atoms with Gasteiger partial charge in [-0.3, -0.25) is 4.90 Å². The third-order valence-corrected chi connectivity index (χ3v) is 3.74. The predicted molar refractivity (Wildman–Crippen MR) is 79.7 cm³/mol. The van der Waals surface area contributed by atoms with Crippen molar-refractivity contribution in [2.75, 3.05) is 26.2 Å². The van der Waals surface area contributed by atoms with Crippen LogP contribution in [0.1, 0.15) is 24.4 Å². The minimum Gasteiger partial charge on any atom is -0.405 e. The number of allylic oxidation sites excluding steroid dienone is 1. The highest BCUT2D eigenvalue weighted by Gasteiger charge is 2.33. The third-order valence-electron chi connectivity index (χ3n) is 3.74. The zero-order chi connectivity index (χ0) is 16.0. The number of nitrogens with zero attached hydrogens (tertiary/aromatic N) is 1. The Bertz CT molecular complexity index is 485. The topological polar surface area (TPSA) is 24.5 Å². The lowest BCUT2D eigenvalue weighted by Crippen LogP contribution is -2.45. The van der Waals surface area contributed by atoms with E-state index in [1.54, 1.807) is 24.3 Å². The van der Waals surface area contributed by atoms with Gasteiger partial charge in [0.1, 0.15) is 5.75 Å². The number of benzene rings is 1. The monoisotopic (exact) mass is 314 g/mol. The molecule has 0 radical (unpaired) electrons. The van der Waals surface area contributed by atoms with E-state index < -0.39 is 6.36 Å². The standard InChI is InChI=1S/C16H21F3N2O/c1-2-3-7-14(21-11-9-20-10-12-21)13-6-4-5-8-15(13)22-16(17,18)19/h2,4-6,8,14,20H,1,3,7,9-12H2/t14-/m0/s1. The van der Waals surface area contributed by atoms with Crippen molar-refractivity contribution in [2.45, 2.75) is 25.2 Å². The first-order valence-electron chi connectivity index (χ1n) is 7.41. The normalized spacial score (nSPS) is 18.0. The van der Waals surface area contributed by atoms with Gasteiger partial charge < -0.3 is 10.1 Å². The van der Waals surface area contributed by atoms with Gasteiger partial charge in [-0.2, -0.15) is 0 Å². The molecule has 0 aliphatic carbocycles. The molecule has 1 atom stereocenters. The Balaban J connectivity index is 2.27. The van der Waals surface area contributed by atoms with Crippen molar-refractivity contribution >= 4 is 0 Å². The fraction of sp³-hybridized carbons (Fsp3) is 0.500. The molecule has 0 spiro atoms. The quantitative estimate of drug-likeness (QED) is 0.813. The molecule has 1 aliphatic rings. The summed E-state index contributed by atoms with van der Waals surface area (Å²) in [7, 11) is 0. The van der Waals surface area contributed by atoms with Crippen LogP contribution in [0.5, 0.6) is 5.75 Å². The number of piperazine rings is 1. The second kappa shape index (κ2) is 7.65. The SMILES string of the molecule is C=CCC[C@@H](c1ccccc1OC(F)(F)F)N1CCNCC1. The molecule has 3 nitrogen and oxygen atoms in total. The summed E-state index contributed by atoms with van der Waals surface area (Å²) in [5.74, 6) is -0.109. The van der Waals surface area contributed by atoms with E-state index in [4.69, 9.17) is 0 Å². The molecular formula is C16H21F3N2O. The second-order valence-corrected chi connectivity index (χ2v) is 5.25. The molecule has 0 saturated carbocycles. The number of rotatable bonds is 6. The molecule has 6 heteroatoms. The average molecular weight is 314 g/mol. The van der Waals surface area contributed by atoms with Gasteiger partial charge >= 0.3 is 6.36 Å². The van der Waals surface area contributed by atoms with E-state index in [0.717, 1.165) is 39.0 Å². The Labute approximate surface area is 128 Å². The van der Waals surface area contributed by atoms with Gasteiger partial charge in [-0.05, 0) is 18.9 Å². The van der Waals surface area contributed by atoms with Crippen LogP contribution in [0, 0.1) is 0 Å². The van der Waals surface area contributed by atoms with Crippen LogP contribution in [-0.2, 0) is 0 Å². The van der Waals surface area contributed by atoms with Gasteiger partial charge in [0.15, 0.2) is 0 Å². The van der Waals surface area contributed by atoms with Crippen molar-refractivity contribution in [3.63, 3.8) is 0 Å². The summed E-state index contributed by atoms with van der Waals surface area (Å²) in [6.45, 7) is 7.01. The second-order valence-electron chi connectivity index (χ2n) is 5.25. The van der Waals surface area contributed by atoms with Crippen LogP contribution >= 0.6 is 0 Å². The largest absolute Gasteiger partial charge is 0.573 e. The summed E-state index contributed by atoms with van der Waals surface area (Å²) >= 11 is 0. The van der Waals surface area contributed by atoms with Crippen molar-refractivity contribution in [1.82, 2.24) is 10.2 Å². The summed E-state index contributed by atoms with van der Waals surface area (Å²) in [5, 5.41) is 3.26. The molecule has 0 unspecified atom stereocenters. The van der Waals surface area contributed by atoms with Crippen LogP contribution in [0.2, 0.25) is 0 Å². The zero-order valence-electron chi connectivity index (χ0n) is 12.4. The number of para-hydroxylation sites is 1. The van der Waals surface area contributed by atoms with Crippen molar-refractivity contribution in [2.24, 2.45) is 0 Å². The fourth-order valence-corrected chi connectivity index (χ4v) is 2.78. The minimum atomic E-state index is -4.68. The molecular weight excluding hydrogens is 293 g/mol. The summed E-state index contributed by atoms with van der Waals surface area (Å²) in [6.07, 6.45) is -1.42. The Morgan fingerprint density at radius 3 is 2.59 bits per heavy atom. The van der Waals surface area contributed by atoms with E-state index in [-0.39, 0.29) is 11.8 Å². The predicted octanol–water partition coefficient (Wildman–Crippen LogP) is 3.50. The lowest BCUT2D eigenvalue weighted by atomic mass is 9.98. The fourth-order valence-electron chi connectivity index (χ4n) is 2.78. The molecule has 1 fully saturated rings. The molecule has 1 saturated heterocycles. The van der Waals surface area contributed by atoms with Gasteiger partial charge in [0.05, 0.1) is 0 Å². The van der Waals surface area contributed by atoms with E-state index in [1.807, 2.05) is 0 Å². The molecule has 1 aromatic carbocycles. The van der Waals surface area contributed by atoms with E-state index in [2.05, 4.69) is 21.5 Å². The van der Waals surface area contributed by atoms with Gasteiger partial charge in [-0.15, -0.1) is 19.8 Å². The maximum Gasteiger partial charge on any atom is 0.573 e. The van der Waals surface area contributed by atoms with E-state index >= 15 is 0 Å². The summed E-state index contributed by atoms with van der Waals surface area (Å²) in [6, 6.07) is 6.32. The molecule has 1 aromatic rings. The first-order valence-corrected chi connectivity index (χ1v) is 7.41. The summed E-state index contributed by atoms with van der Waals surface area (Å²) in [4.78, 5) is 2.21. The first-order chi connectivity index (χ1) is 10.5. The van der Waals surface area contributed by atoms with E-state index in [9.17, 15) is 13.2 Å². The molecule has 1 N–H and O–H groups in total. The Morgan fingerprint density at radius 1 is 1.27 bits per heavy atom. The van der Waals surface area contributed by atoms with Gasteiger partial charge in [-0.25, -0.2) is 0 Å². The molecule has 1 aliphatic heterocycles. The number of nitrogens with one attached hydrogen (secondary N) is 1. The average Bonchev–Trinajstić information content (AvgIpc) is 2.49. The van der Waals surface area contributed by atoms with Gasteiger partial charge in [0.25, 0.3) is 0 Å². The van der Waals surface area contributed by atoms with Crippen LogP contribution in [-0.4, -0.2) is 37.4 Å². The molecule has 1 heterocycles. The number of hydrogen-bond donors (Lipinski definition) is 1. The Kier molecular flexibility index (Phi) is 5.85. The lowest BCUT2D eigenvalue weighted by molar-refractivity contribution is -0.275. The molecule has 22 heavy (non-hydrogen) atoms. The Morgan fingerprint density at radius 2 is 1.95 bits per heavy atom. The third kappa shape index (κ3) is 4.74. The number of alkyl halides is 3. The number of hydrogen-bond acceptors (Lipinski definition) is 3. The van der Waals surface area contributed by atoms with Gasteiger partial charge in [-0.1, -0.05) is 24.3 Å². The van der Waals surface area contributed by atoms with Crippen molar-refractivity contribution in [3.8, 4) is 5.75 Å². The van der Waals surface area contributed by atoms with Crippen LogP contribution in [0.25, 0.3) is 0 Å².